The summed E-state index contributed by atoms with van der Waals surface area (Å²) in [7, 11) is 0. The Morgan fingerprint density at radius 2 is 2.25 bits per heavy atom. The lowest BCUT2D eigenvalue weighted by atomic mass is 10.0. The number of aryl methyl sites for hydroxylation is 2. The molecule has 0 unspecified atom stereocenters. The maximum Gasteiger partial charge on any atom is 0.328 e. The molecule has 0 atom stereocenters. The van der Waals surface area contributed by atoms with Crippen molar-refractivity contribution in [3.05, 3.63) is 41.0 Å². The van der Waals surface area contributed by atoms with Crippen LogP contribution >= 0.6 is 11.6 Å². The van der Waals surface area contributed by atoms with Crippen LogP contribution in [0.15, 0.2) is 24.3 Å². The molecule has 3 heteroatoms. The van der Waals surface area contributed by atoms with Crippen LogP contribution < -0.4 is 0 Å². The Morgan fingerprint density at radius 3 is 2.81 bits per heavy atom. The molecule has 0 fully saturated rings. The number of alkyl halides is 1. The molecule has 86 valence electrons. The zero-order chi connectivity index (χ0) is 12.0. The Labute approximate surface area is 101 Å². The summed E-state index contributed by atoms with van der Waals surface area (Å²) in [5.41, 5.74) is 3.27. The molecule has 0 heterocycles. The van der Waals surface area contributed by atoms with Crippen LogP contribution in [0.25, 0.3) is 6.08 Å². The molecule has 0 aliphatic rings. The molecule has 1 rings (SSSR count). The molecule has 0 saturated carbocycles. The smallest absolute Gasteiger partial charge is 0.328 e. The van der Waals surface area contributed by atoms with Crippen molar-refractivity contribution in [3.8, 4) is 0 Å². The molecular formula is C13H15ClO2. The Hall–Kier alpha value is -1.28. The van der Waals surface area contributed by atoms with Crippen LogP contribution in [0.2, 0.25) is 0 Å². The van der Waals surface area contributed by atoms with Crippen molar-refractivity contribution in [3.63, 3.8) is 0 Å². The summed E-state index contributed by atoms with van der Waals surface area (Å²) in [5, 5.41) is 8.53. The van der Waals surface area contributed by atoms with Gasteiger partial charge in [0.25, 0.3) is 0 Å². The van der Waals surface area contributed by atoms with Crippen molar-refractivity contribution in [2.24, 2.45) is 0 Å². The second-order valence-electron chi connectivity index (χ2n) is 3.66. The van der Waals surface area contributed by atoms with Gasteiger partial charge in [-0.15, -0.1) is 11.6 Å². The highest BCUT2D eigenvalue weighted by Crippen LogP contribution is 2.14. The van der Waals surface area contributed by atoms with E-state index in [1.54, 1.807) is 6.08 Å². The highest BCUT2D eigenvalue weighted by molar-refractivity contribution is 6.17. The first-order valence-corrected chi connectivity index (χ1v) is 5.73. The minimum atomic E-state index is -0.925. The third kappa shape index (κ3) is 4.07. The minimum absolute atomic E-state index is 0.666. The predicted molar refractivity (Wildman–Crippen MR) is 66.9 cm³/mol. The van der Waals surface area contributed by atoms with Crippen molar-refractivity contribution < 1.29 is 9.90 Å². The van der Waals surface area contributed by atoms with Gasteiger partial charge in [-0.3, -0.25) is 0 Å². The Bertz CT molecular complexity index is 397. The highest BCUT2D eigenvalue weighted by atomic mass is 35.5. The van der Waals surface area contributed by atoms with Crippen LogP contribution in [0.3, 0.4) is 0 Å². The monoisotopic (exact) mass is 238 g/mol. The summed E-state index contributed by atoms with van der Waals surface area (Å²) in [6.45, 7) is 1.98. The van der Waals surface area contributed by atoms with E-state index in [-0.39, 0.29) is 0 Å². The first-order valence-electron chi connectivity index (χ1n) is 5.20. The van der Waals surface area contributed by atoms with E-state index in [0.29, 0.717) is 5.88 Å². The molecule has 0 aromatic heterocycles. The van der Waals surface area contributed by atoms with Gasteiger partial charge in [0.15, 0.2) is 0 Å². The number of hydrogen-bond donors (Lipinski definition) is 1. The standard InChI is InChI=1S/C13H15ClO2/c1-10-9-11(3-2-8-14)4-5-12(10)6-7-13(15)16/h4-7,9H,2-3,8H2,1H3,(H,15,16)/b7-6+. The van der Waals surface area contributed by atoms with E-state index in [1.165, 1.54) is 5.56 Å². The average Bonchev–Trinajstić information content (AvgIpc) is 2.24. The van der Waals surface area contributed by atoms with E-state index >= 15 is 0 Å². The fraction of sp³-hybridized carbons (Fsp3) is 0.308. The Balaban J connectivity index is 2.79. The lowest BCUT2D eigenvalue weighted by Gasteiger charge is -2.04. The van der Waals surface area contributed by atoms with Gasteiger partial charge in [-0.25, -0.2) is 4.79 Å². The average molecular weight is 239 g/mol. The molecule has 0 bridgehead atoms. The molecule has 0 radical (unpaired) electrons. The van der Waals surface area contributed by atoms with Crippen LogP contribution in [0.4, 0.5) is 0 Å². The largest absolute Gasteiger partial charge is 0.478 e. The van der Waals surface area contributed by atoms with Crippen LogP contribution in [-0.4, -0.2) is 17.0 Å². The quantitative estimate of drug-likeness (QED) is 0.632. The van der Waals surface area contributed by atoms with Crippen molar-refractivity contribution in [1.82, 2.24) is 0 Å². The molecule has 0 spiro atoms. The summed E-state index contributed by atoms with van der Waals surface area (Å²) in [4.78, 5) is 10.4. The lowest BCUT2D eigenvalue weighted by Crippen LogP contribution is -1.91. The number of carboxylic acids is 1. The normalized spacial score (nSPS) is 10.9. The minimum Gasteiger partial charge on any atom is -0.478 e. The number of hydrogen-bond acceptors (Lipinski definition) is 1. The SMILES string of the molecule is Cc1cc(CCCCl)ccc1/C=C/C(=O)O. The fourth-order valence-corrected chi connectivity index (χ4v) is 1.65. The molecular weight excluding hydrogens is 224 g/mol. The lowest BCUT2D eigenvalue weighted by molar-refractivity contribution is -0.131. The molecule has 1 aromatic carbocycles. The Kier molecular flexibility index (Phi) is 5.06. The zero-order valence-electron chi connectivity index (χ0n) is 9.24. The van der Waals surface area contributed by atoms with E-state index in [0.717, 1.165) is 30.0 Å². The van der Waals surface area contributed by atoms with Crippen molar-refractivity contribution in [2.45, 2.75) is 19.8 Å². The van der Waals surface area contributed by atoms with Crippen molar-refractivity contribution in [2.75, 3.05) is 5.88 Å². The van der Waals surface area contributed by atoms with E-state index in [4.69, 9.17) is 16.7 Å². The van der Waals surface area contributed by atoms with Gasteiger partial charge in [-0.1, -0.05) is 18.2 Å². The van der Waals surface area contributed by atoms with E-state index in [9.17, 15) is 4.79 Å². The topological polar surface area (TPSA) is 37.3 Å². The fourth-order valence-electron chi connectivity index (χ4n) is 1.51. The van der Waals surface area contributed by atoms with E-state index in [2.05, 4.69) is 6.07 Å². The van der Waals surface area contributed by atoms with Crippen molar-refractivity contribution >= 4 is 23.6 Å². The molecule has 1 aromatic rings. The molecule has 2 nitrogen and oxygen atoms in total. The zero-order valence-corrected chi connectivity index (χ0v) is 10.00. The number of benzene rings is 1. The van der Waals surface area contributed by atoms with Gasteiger partial charge in [-0.05, 0) is 42.5 Å². The second kappa shape index (κ2) is 6.33. The number of carbonyl (C=O) groups is 1. The maximum atomic E-state index is 10.4. The third-order valence-electron chi connectivity index (χ3n) is 2.34. The van der Waals surface area contributed by atoms with Crippen LogP contribution in [-0.2, 0) is 11.2 Å². The van der Waals surface area contributed by atoms with Crippen LogP contribution in [0.5, 0.6) is 0 Å². The third-order valence-corrected chi connectivity index (χ3v) is 2.61. The van der Waals surface area contributed by atoms with E-state index in [1.807, 2.05) is 19.1 Å². The number of rotatable bonds is 5. The van der Waals surface area contributed by atoms with Gasteiger partial charge in [0, 0.05) is 12.0 Å². The summed E-state index contributed by atoms with van der Waals surface area (Å²) in [5.74, 6) is -0.259. The van der Waals surface area contributed by atoms with Gasteiger partial charge in [0.05, 0.1) is 0 Å². The molecule has 1 N–H and O–H groups in total. The summed E-state index contributed by atoms with van der Waals surface area (Å²) < 4.78 is 0. The second-order valence-corrected chi connectivity index (χ2v) is 4.03. The van der Waals surface area contributed by atoms with Gasteiger partial charge in [-0.2, -0.15) is 0 Å². The van der Waals surface area contributed by atoms with Crippen LogP contribution in [0, 0.1) is 6.92 Å². The molecule has 16 heavy (non-hydrogen) atoms. The van der Waals surface area contributed by atoms with Crippen molar-refractivity contribution in [1.29, 1.82) is 0 Å². The summed E-state index contributed by atoms with van der Waals surface area (Å²) in [6.07, 6.45) is 4.70. The number of aliphatic carboxylic acids is 1. The first kappa shape index (κ1) is 12.8. The summed E-state index contributed by atoms with van der Waals surface area (Å²) in [6, 6.07) is 6.04. The highest BCUT2D eigenvalue weighted by Gasteiger charge is 1.98. The molecule has 0 saturated heterocycles. The van der Waals surface area contributed by atoms with Gasteiger partial charge in [0.2, 0.25) is 0 Å². The van der Waals surface area contributed by atoms with Gasteiger partial charge < -0.3 is 5.11 Å². The first-order chi connectivity index (χ1) is 7.63. The predicted octanol–water partition coefficient (Wildman–Crippen LogP) is 3.26. The number of halogens is 1. The number of carboxylic acid groups (broad SMARTS) is 1. The van der Waals surface area contributed by atoms with Gasteiger partial charge >= 0.3 is 5.97 Å². The summed E-state index contributed by atoms with van der Waals surface area (Å²) >= 11 is 5.63. The molecule has 0 aliphatic carbocycles. The van der Waals surface area contributed by atoms with Crippen LogP contribution in [0.1, 0.15) is 23.1 Å². The Morgan fingerprint density at radius 1 is 1.50 bits per heavy atom. The van der Waals surface area contributed by atoms with E-state index < -0.39 is 5.97 Å². The van der Waals surface area contributed by atoms with Gasteiger partial charge in [0.1, 0.15) is 0 Å². The maximum absolute atomic E-state index is 10.4. The molecule has 0 aliphatic heterocycles. The molecule has 0 amide bonds.